The molecule has 0 bridgehead atoms. The molecule has 0 radical (unpaired) electrons. The van der Waals surface area contributed by atoms with E-state index < -0.39 is 0 Å². The molecule has 1 aromatic heterocycles. The average molecular weight is 401 g/mol. The topological polar surface area (TPSA) is 86.9 Å². The van der Waals surface area contributed by atoms with Crippen LogP contribution in [0.1, 0.15) is 31.6 Å². The van der Waals surface area contributed by atoms with Gasteiger partial charge in [-0.05, 0) is 43.5 Å². The van der Waals surface area contributed by atoms with Crippen LogP contribution >= 0.6 is 0 Å². The number of aromatic nitrogens is 2. The summed E-state index contributed by atoms with van der Waals surface area (Å²) in [6.45, 7) is 2.82. The van der Waals surface area contributed by atoms with Crippen molar-refractivity contribution in [3.05, 3.63) is 30.2 Å². The SMILES string of the molecule is COc1ccc(-c2noc(CCCC(=O)N3CCCC(C4OCCO4)C3)n2)cc1. The number of hydrogen-bond acceptors (Lipinski definition) is 7. The van der Waals surface area contributed by atoms with Gasteiger partial charge in [0, 0.05) is 37.4 Å². The van der Waals surface area contributed by atoms with Crippen LogP contribution in [0.15, 0.2) is 28.8 Å². The molecule has 2 saturated heterocycles. The third-order valence-electron chi connectivity index (χ3n) is 5.44. The molecule has 29 heavy (non-hydrogen) atoms. The molecule has 1 atom stereocenters. The van der Waals surface area contributed by atoms with E-state index in [-0.39, 0.29) is 18.1 Å². The molecule has 4 rings (SSSR count). The Bertz CT molecular complexity index is 801. The Morgan fingerprint density at radius 2 is 2.03 bits per heavy atom. The molecule has 2 fully saturated rings. The van der Waals surface area contributed by atoms with Gasteiger partial charge in [-0.3, -0.25) is 4.79 Å². The summed E-state index contributed by atoms with van der Waals surface area (Å²) in [6, 6.07) is 7.50. The second-order valence-electron chi connectivity index (χ2n) is 7.45. The molecule has 0 aliphatic carbocycles. The van der Waals surface area contributed by atoms with Gasteiger partial charge in [-0.1, -0.05) is 5.16 Å². The van der Waals surface area contributed by atoms with Crippen molar-refractivity contribution in [1.29, 1.82) is 0 Å². The van der Waals surface area contributed by atoms with E-state index in [1.54, 1.807) is 7.11 Å². The Hall–Kier alpha value is -2.45. The third-order valence-corrected chi connectivity index (χ3v) is 5.44. The number of aryl methyl sites for hydroxylation is 1. The summed E-state index contributed by atoms with van der Waals surface area (Å²) in [5, 5.41) is 4.03. The molecular weight excluding hydrogens is 374 g/mol. The van der Waals surface area contributed by atoms with E-state index in [9.17, 15) is 4.79 Å². The predicted molar refractivity (Wildman–Crippen MR) is 104 cm³/mol. The normalized spacial score (nSPS) is 20.2. The first-order chi connectivity index (χ1) is 14.2. The number of hydrogen-bond donors (Lipinski definition) is 0. The first-order valence-corrected chi connectivity index (χ1v) is 10.2. The van der Waals surface area contributed by atoms with E-state index in [2.05, 4.69) is 10.1 Å². The summed E-state index contributed by atoms with van der Waals surface area (Å²) in [4.78, 5) is 19.0. The largest absolute Gasteiger partial charge is 0.497 e. The summed E-state index contributed by atoms with van der Waals surface area (Å²) >= 11 is 0. The minimum Gasteiger partial charge on any atom is -0.497 e. The van der Waals surface area contributed by atoms with Crippen LogP contribution in [0.2, 0.25) is 0 Å². The van der Waals surface area contributed by atoms with Crippen molar-refractivity contribution >= 4 is 5.91 Å². The van der Waals surface area contributed by atoms with Gasteiger partial charge in [0.15, 0.2) is 6.29 Å². The molecule has 0 spiro atoms. The highest BCUT2D eigenvalue weighted by Crippen LogP contribution is 2.25. The second-order valence-corrected chi connectivity index (χ2v) is 7.45. The summed E-state index contributed by atoms with van der Waals surface area (Å²) < 4.78 is 21.7. The number of likely N-dealkylation sites (tertiary alicyclic amines) is 1. The number of carbonyl (C=O) groups is 1. The van der Waals surface area contributed by atoms with E-state index in [1.165, 1.54) is 0 Å². The highest BCUT2D eigenvalue weighted by atomic mass is 16.7. The summed E-state index contributed by atoms with van der Waals surface area (Å²) in [5.41, 5.74) is 0.868. The quantitative estimate of drug-likeness (QED) is 0.705. The Morgan fingerprint density at radius 1 is 1.24 bits per heavy atom. The first kappa shape index (κ1) is 19.8. The monoisotopic (exact) mass is 401 g/mol. The van der Waals surface area contributed by atoms with Crippen LogP contribution in [0.25, 0.3) is 11.4 Å². The van der Waals surface area contributed by atoms with Gasteiger partial charge in [0.25, 0.3) is 0 Å². The van der Waals surface area contributed by atoms with E-state index in [0.29, 0.717) is 50.7 Å². The van der Waals surface area contributed by atoms with Crippen LogP contribution in [-0.4, -0.2) is 60.7 Å². The Labute approximate surface area is 170 Å². The van der Waals surface area contributed by atoms with Gasteiger partial charge in [0.2, 0.25) is 17.6 Å². The summed E-state index contributed by atoms with van der Waals surface area (Å²) in [6.07, 6.45) is 3.63. The predicted octanol–water partition coefficient (Wildman–Crippen LogP) is 2.68. The molecule has 0 N–H and O–H groups in total. The van der Waals surface area contributed by atoms with Crippen LogP contribution in [0.3, 0.4) is 0 Å². The molecule has 1 aromatic carbocycles. The van der Waals surface area contributed by atoms with E-state index in [0.717, 1.165) is 30.7 Å². The van der Waals surface area contributed by atoms with Gasteiger partial charge in [-0.2, -0.15) is 4.98 Å². The molecule has 2 aromatic rings. The smallest absolute Gasteiger partial charge is 0.226 e. The molecule has 0 saturated carbocycles. The molecule has 1 unspecified atom stereocenters. The molecule has 2 aliphatic rings. The maximum atomic E-state index is 12.6. The van der Waals surface area contributed by atoms with E-state index in [1.807, 2.05) is 29.2 Å². The highest BCUT2D eigenvalue weighted by molar-refractivity contribution is 5.76. The van der Waals surface area contributed by atoms with Crippen molar-refractivity contribution in [3.8, 4) is 17.1 Å². The zero-order chi connectivity index (χ0) is 20.1. The number of rotatable bonds is 7. The Balaban J connectivity index is 1.24. The van der Waals surface area contributed by atoms with Crippen molar-refractivity contribution in [2.45, 2.75) is 38.4 Å². The first-order valence-electron chi connectivity index (χ1n) is 10.2. The van der Waals surface area contributed by atoms with Crippen LogP contribution in [0.4, 0.5) is 0 Å². The van der Waals surface area contributed by atoms with Gasteiger partial charge in [0.1, 0.15) is 5.75 Å². The van der Waals surface area contributed by atoms with Crippen LogP contribution in [0, 0.1) is 5.92 Å². The van der Waals surface area contributed by atoms with E-state index in [4.69, 9.17) is 18.7 Å². The van der Waals surface area contributed by atoms with Gasteiger partial charge < -0.3 is 23.6 Å². The van der Waals surface area contributed by atoms with Crippen molar-refractivity contribution in [2.24, 2.45) is 5.92 Å². The molecular formula is C21H27N3O5. The lowest BCUT2D eigenvalue weighted by atomic mass is 9.97. The number of benzene rings is 1. The Morgan fingerprint density at radius 3 is 2.79 bits per heavy atom. The van der Waals surface area contributed by atoms with Crippen LogP contribution in [0.5, 0.6) is 5.75 Å². The number of nitrogens with zero attached hydrogens (tertiary/aromatic N) is 3. The molecule has 8 heteroatoms. The maximum Gasteiger partial charge on any atom is 0.226 e. The number of amides is 1. The maximum absolute atomic E-state index is 12.6. The zero-order valence-corrected chi connectivity index (χ0v) is 16.7. The van der Waals surface area contributed by atoms with E-state index >= 15 is 0 Å². The third kappa shape index (κ3) is 4.94. The molecule has 8 nitrogen and oxygen atoms in total. The molecule has 1 amide bonds. The van der Waals surface area contributed by atoms with Gasteiger partial charge in [0.05, 0.1) is 20.3 Å². The van der Waals surface area contributed by atoms with Crippen LogP contribution in [-0.2, 0) is 20.7 Å². The van der Waals surface area contributed by atoms with Gasteiger partial charge in [-0.25, -0.2) is 0 Å². The lowest BCUT2D eigenvalue weighted by Gasteiger charge is -2.34. The molecule has 156 valence electrons. The zero-order valence-electron chi connectivity index (χ0n) is 16.7. The van der Waals surface area contributed by atoms with Crippen LogP contribution < -0.4 is 4.74 Å². The summed E-state index contributed by atoms with van der Waals surface area (Å²) in [5.74, 6) is 2.32. The summed E-state index contributed by atoms with van der Waals surface area (Å²) in [7, 11) is 1.63. The Kier molecular flexibility index (Phi) is 6.41. The fourth-order valence-electron chi connectivity index (χ4n) is 3.87. The van der Waals surface area contributed by atoms with Crippen molar-refractivity contribution < 1.29 is 23.5 Å². The second kappa shape index (κ2) is 9.37. The van der Waals surface area contributed by atoms with Crippen molar-refractivity contribution in [3.63, 3.8) is 0 Å². The number of carbonyl (C=O) groups excluding carboxylic acids is 1. The fourth-order valence-corrected chi connectivity index (χ4v) is 3.87. The van der Waals surface area contributed by atoms with Crippen molar-refractivity contribution in [2.75, 3.05) is 33.4 Å². The molecule has 2 aliphatic heterocycles. The van der Waals surface area contributed by atoms with Gasteiger partial charge >= 0.3 is 0 Å². The number of methoxy groups -OCH3 is 1. The fraction of sp³-hybridized carbons (Fsp3) is 0.571. The minimum atomic E-state index is -0.152. The van der Waals surface area contributed by atoms with Gasteiger partial charge in [-0.15, -0.1) is 0 Å². The number of piperidine rings is 1. The van der Waals surface area contributed by atoms with Crippen molar-refractivity contribution in [1.82, 2.24) is 15.0 Å². The highest BCUT2D eigenvalue weighted by Gasteiger charge is 2.32. The number of ether oxygens (including phenoxy) is 3. The molecule has 3 heterocycles. The minimum absolute atomic E-state index is 0.152. The average Bonchev–Trinajstić information content (AvgIpc) is 3.46. The standard InChI is InChI=1S/C21H27N3O5/c1-26-17-9-7-15(8-10-17)20-22-18(29-23-20)5-2-6-19(25)24-11-3-4-16(14-24)21-27-12-13-28-21/h7-10,16,21H,2-6,11-14H2,1H3. The lowest BCUT2D eigenvalue weighted by Crippen LogP contribution is -2.43. The lowest BCUT2D eigenvalue weighted by molar-refractivity contribution is -0.139.